The first-order valence-corrected chi connectivity index (χ1v) is 6.56. The fourth-order valence-corrected chi connectivity index (χ4v) is 2.01. The van der Waals surface area contributed by atoms with Gasteiger partial charge in [-0.25, -0.2) is 4.79 Å². The average molecular weight is 274 g/mol. The minimum Gasteiger partial charge on any atom is -0.463 e. The molecule has 0 amide bonds. The first-order chi connectivity index (χ1) is 8.33. The van der Waals surface area contributed by atoms with Crippen LogP contribution in [0.2, 0.25) is 0 Å². The van der Waals surface area contributed by atoms with Crippen LogP contribution in [-0.2, 0) is 9.53 Å². The fraction of sp³-hybridized carbons (Fsp3) is 0.643. The van der Waals surface area contributed by atoms with Crippen molar-refractivity contribution in [2.45, 2.75) is 45.1 Å². The van der Waals surface area contributed by atoms with Crippen molar-refractivity contribution < 1.29 is 9.53 Å². The maximum absolute atomic E-state index is 11.0. The Hall–Kier alpha value is -0.800. The number of carbonyl (C=O) groups is 1. The molecule has 1 N–H and O–H groups in total. The van der Waals surface area contributed by atoms with Gasteiger partial charge in [-0.3, -0.25) is 0 Å². The summed E-state index contributed by atoms with van der Waals surface area (Å²) in [5, 5.41) is 3.50. The smallest absolute Gasteiger partial charge is 0.330 e. The van der Waals surface area contributed by atoms with Crippen LogP contribution in [0.4, 0.5) is 0 Å². The number of esters is 1. The molecule has 1 saturated carbocycles. The van der Waals surface area contributed by atoms with Crippen molar-refractivity contribution in [1.29, 1.82) is 0 Å². The second-order valence-corrected chi connectivity index (χ2v) is 4.28. The Labute approximate surface area is 116 Å². The molecule has 0 aromatic carbocycles. The van der Waals surface area contributed by atoms with Crippen molar-refractivity contribution in [1.82, 2.24) is 5.32 Å². The number of carbonyl (C=O) groups excluding carboxylic acids is 1. The molecule has 1 aliphatic carbocycles. The average Bonchev–Trinajstić information content (AvgIpc) is 2.35. The zero-order valence-corrected chi connectivity index (χ0v) is 11.9. The molecular formula is C14H24ClNO2. The number of nitrogens with one attached hydrogen (secondary N) is 1. The molecule has 0 saturated heterocycles. The summed E-state index contributed by atoms with van der Waals surface area (Å²) >= 11 is 0. The van der Waals surface area contributed by atoms with Gasteiger partial charge < -0.3 is 10.1 Å². The van der Waals surface area contributed by atoms with Crippen molar-refractivity contribution in [2.75, 3.05) is 13.2 Å². The highest BCUT2D eigenvalue weighted by atomic mass is 35.5. The third kappa shape index (κ3) is 8.31. The van der Waals surface area contributed by atoms with Gasteiger partial charge in [0.15, 0.2) is 0 Å². The molecule has 0 heterocycles. The van der Waals surface area contributed by atoms with E-state index in [1.807, 2.05) is 12.2 Å². The van der Waals surface area contributed by atoms with Gasteiger partial charge in [0.05, 0.1) is 6.61 Å². The molecule has 1 rings (SSSR count). The summed E-state index contributed by atoms with van der Waals surface area (Å²) in [5.41, 5.74) is 0. The normalized spacial score (nSPS) is 16.9. The molecule has 4 heteroatoms. The molecule has 0 aromatic heterocycles. The molecule has 0 aliphatic heterocycles. The number of hydrogen-bond acceptors (Lipinski definition) is 3. The van der Waals surface area contributed by atoms with Crippen LogP contribution in [0.3, 0.4) is 0 Å². The van der Waals surface area contributed by atoms with Crippen molar-refractivity contribution in [2.24, 2.45) is 0 Å². The van der Waals surface area contributed by atoms with E-state index in [4.69, 9.17) is 4.74 Å². The number of allylic oxidation sites excluding steroid dienone is 2. The van der Waals surface area contributed by atoms with E-state index in [-0.39, 0.29) is 18.4 Å². The molecule has 0 unspecified atom stereocenters. The monoisotopic (exact) mass is 273 g/mol. The van der Waals surface area contributed by atoms with Crippen LogP contribution in [0.1, 0.15) is 39.0 Å². The van der Waals surface area contributed by atoms with Crippen molar-refractivity contribution in [3.05, 3.63) is 24.3 Å². The molecule has 0 spiro atoms. The number of hydrogen-bond donors (Lipinski definition) is 1. The summed E-state index contributed by atoms with van der Waals surface area (Å²) in [6.07, 6.45) is 13.8. The Morgan fingerprint density at radius 1 is 1.28 bits per heavy atom. The zero-order chi connectivity index (χ0) is 12.3. The quantitative estimate of drug-likeness (QED) is 0.459. The molecule has 3 nitrogen and oxygen atoms in total. The van der Waals surface area contributed by atoms with Crippen LogP contribution >= 0.6 is 12.4 Å². The first-order valence-electron chi connectivity index (χ1n) is 6.56. The molecule has 1 fully saturated rings. The Morgan fingerprint density at radius 2 is 2.00 bits per heavy atom. The van der Waals surface area contributed by atoms with E-state index in [0.717, 1.165) is 6.54 Å². The third-order valence-corrected chi connectivity index (χ3v) is 2.90. The zero-order valence-electron chi connectivity index (χ0n) is 11.1. The van der Waals surface area contributed by atoms with E-state index in [0.29, 0.717) is 12.6 Å². The van der Waals surface area contributed by atoms with Gasteiger partial charge in [0.1, 0.15) is 0 Å². The van der Waals surface area contributed by atoms with Gasteiger partial charge in [-0.1, -0.05) is 37.5 Å². The summed E-state index contributed by atoms with van der Waals surface area (Å²) in [6, 6.07) is 0.683. The van der Waals surface area contributed by atoms with Crippen LogP contribution in [0, 0.1) is 0 Å². The lowest BCUT2D eigenvalue weighted by atomic mass is 9.95. The first kappa shape index (κ1) is 17.2. The fourth-order valence-electron chi connectivity index (χ4n) is 2.01. The highest BCUT2D eigenvalue weighted by Crippen LogP contribution is 2.16. The highest BCUT2D eigenvalue weighted by Gasteiger charge is 2.10. The maximum atomic E-state index is 11.0. The van der Waals surface area contributed by atoms with E-state index in [1.165, 1.54) is 38.2 Å². The lowest BCUT2D eigenvalue weighted by molar-refractivity contribution is -0.137. The lowest BCUT2D eigenvalue weighted by Gasteiger charge is -2.21. The van der Waals surface area contributed by atoms with E-state index in [9.17, 15) is 4.79 Å². The van der Waals surface area contributed by atoms with Crippen LogP contribution in [0.25, 0.3) is 0 Å². The van der Waals surface area contributed by atoms with Crippen LogP contribution in [0.15, 0.2) is 24.3 Å². The molecule has 0 aromatic rings. The van der Waals surface area contributed by atoms with Gasteiger partial charge in [0.25, 0.3) is 0 Å². The minimum atomic E-state index is -0.280. The number of halogens is 1. The lowest BCUT2D eigenvalue weighted by Crippen LogP contribution is -2.30. The van der Waals surface area contributed by atoms with Gasteiger partial charge in [-0.05, 0) is 19.8 Å². The highest BCUT2D eigenvalue weighted by molar-refractivity contribution is 5.85. The van der Waals surface area contributed by atoms with Crippen LogP contribution in [-0.4, -0.2) is 25.2 Å². The summed E-state index contributed by atoms with van der Waals surface area (Å²) in [4.78, 5) is 11.0. The Bertz CT molecular complexity index is 271. The molecule has 104 valence electrons. The van der Waals surface area contributed by atoms with Gasteiger partial charge in [-0.15, -0.1) is 12.4 Å². The molecular weight excluding hydrogens is 250 g/mol. The van der Waals surface area contributed by atoms with Gasteiger partial charge in [0, 0.05) is 18.7 Å². The SMILES string of the molecule is CCOC(=O)C=CC=CCNC1CCCCC1.Cl. The Balaban J connectivity index is 0.00000289. The summed E-state index contributed by atoms with van der Waals surface area (Å²) in [7, 11) is 0. The summed E-state index contributed by atoms with van der Waals surface area (Å²) < 4.78 is 4.77. The predicted molar refractivity (Wildman–Crippen MR) is 77.0 cm³/mol. The van der Waals surface area contributed by atoms with Crippen LogP contribution < -0.4 is 5.32 Å². The predicted octanol–water partition coefficient (Wildman–Crippen LogP) is 3.01. The molecule has 1 aliphatic rings. The molecule has 18 heavy (non-hydrogen) atoms. The van der Waals surface area contributed by atoms with Crippen molar-refractivity contribution in [3.8, 4) is 0 Å². The van der Waals surface area contributed by atoms with Gasteiger partial charge >= 0.3 is 5.97 Å². The second-order valence-electron chi connectivity index (χ2n) is 4.28. The molecule has 0 radical (unpaired) electrons. The Kier molecular flexibility index (Phi) is 10.8. The molecule has 0 atom stereocenters. The number of ether oxygens (including phenoxy) is 1. The largest absolute Gasteiger partial charge is 0.463 e. The van der Waals surface area contributed by atoms with Crippen molar-refractivity contribution in [3.63, 3.8) is 0 Å². The van der Waals surface area contributed by atoms with Gasteiger partial charge in [-0.2, -0.15) is 0 Å². The minimum absolute atomic E-state index is 0. The third-order valence-electron chi connectivity index (χ3n) is 2.90. The van der Waals surface area contributed by atoms with E-state index >= 15 is 0 Å². The van der Waals surface area contributed by atoms with E-state index in [2.05, 4.69) is 5.32 Å². The van der Waals surface area contributed by atoms with Crippen molar-refractivity contribution >= 4 is 18.4 Å². The van der Waals surface area contributed by atoms with Gasteiger partial charge in [0.2, 0.25) is 0 Å². The van der Waals surface area contributed by atoms with E-state index in [1.54, 1.807) is 13.0 Å². The maximum Gasteiger partial charge on any atom is 0.330 e. The summed E-state index contributed by atoms with van der Waals surface area (Å²) in [5.74, 6) is -0.280. The van der Waals surface area contributed by atoms with Crippen LogP contribution in [0.5, 0.6) is 0 Å². The number of rotatable bonds is 6. The molecule has 0 bridgehead atoms. The Morgan fingerprint density at radius 3 is 2.67 bits per heavy atom. The van der Waals surface area contributed by atoms with E-state index < -0.39 is 0 Å². The summed E-state index contributed by atoms with van der Waals surface area (Å²) in [6.45, 7) is 3.10. The topological polar surface area (TPSA) is 38.3 Å². The second kappa shape index (κ2) is 11.3. The standard InChI is InChI=1S/C14H23NO2.ClH/c1-2-17-14(16)11-7-4-8-12-15-13-9-5-3-6-10-13;/h4,7-8,11,13,15H,2-3,5-6,9-10,12H2,1H3;1H.